The van der Waals surface area contributed by atoms with Crippen molar-refractivity contribution in [2.45, 2.75) is 17.8 Å². The van der Waals surface area contributed by atoms with Gasteiger partial charge in [-0.05, 0) is 10.4 Å². The molecule has 1 atom stereocenters. The average Bonchev–Trinajstić information content (AvgIpc) is 2.33. The Balaban J connectivity index is 2.30. The molecule has 54 valence electrons. The van der Waals surface area contributed by atoms with Gasteiger partial charge >= 0.3 is 0 Å². The van der Waals surface area contributed by atoms with Crippen LogP contribution >= 0.6 is 11.8 Å². The molecule has 0 saturated carbocycles. The molecule has 1 aliphatic rings. The van der Waals surface area contributed by atoms with Crippen LogP contribution < -0.4 is 0 Å². The molecule has 2 heterocycles. The summed E-state index contributed by atoms with van der Waals surface area (Å²) in [5.41, 5.74) is 0. The van der Waals surface area contributed by atoms with Crippen LogP contribution in [-0.4, -0.2) is 37.2 Å². The number of rotatable bonds is 0. The van der Waals surface area contributed by atoms with Crippen molar-refractivity contribution in [2.24, 2.45) is 0 Å². The number of tetrazole rings is 1. The summed E-state index contributed by atoms with van der Waals surface area (Å²) in [5.74, 6) is 0.695. The quantitative estimate of drug-likeness (QED) is 0.532. The van der Waals surface area contributed by atoms with E-state index in [-0.39, 0.29) is 6.10 Å². The molecule has 5 nitrogen and oxygen atoms in total. The van der Waals surface area contributed by atoms with Crippen LogP contribution in [0.15, 0.2) is 5.16 Å². The second-order valence-corrected chi connectivity index (χ2v) is 3.10. The number of aliphatic hydroxyl groups excluding tert-OH is 1. The molecule has 0 bridgehead atoms. The Morgan fingerprint density at radius 1 is 1.70 bits per heavy atom. The highest BCUT2D eigenvalue weighted by atomic mass is 32.2. The lowest BCUT2D eigenvalue weighted by Crippen LogP contribution is -2.24. The largest absolute Gasteiger partial charge is 0.390 e. The minimum Gasteiger partial charge on any atom is -0.390 e. The highest BCUT2D eigenvalue weighted by molar-refractivity contribution is 7.99. The third kappa shape index (κ3) is 0.889. The fourth-order valence-electron chi connectivity index (χ4n) is 0.837. The Bertz CT molecular complexity index is 237. The monoisotopic (exact) mass is 158 g/mol. The number of fused-ring (bicyclic) bond motifs is 1. The minimum atomic E-state index is -0.305. The van der Waals surface area contributed by atoms with Crippen molar-refractivity contribution in [2.75, 3.05) is 5.75 Å². The topological polar surface area (TPSA) is 63.8 Å². The number of hydrogen-bond donors (Lipinski definition) is 1. The molecule has 0 fully saturated rings. The summed E-state index contributed by atoms with van der Waals surface area (Å²) in [6, 6.07) is 0. The number of nitrogens with zero attached hydrogens (tertiary/aromatic N) is 4. The molecule has 0 aromatic carbocycles. The van der Waals surface area contributed by atoms with Gasteiger partial charge in [0, 0.05) is 5.75 Å². The first-order chi connectivity index (χ1) is 4.86. The van der Waals surface area contributed by atoms with E-state index in [1.54, 1.807) is 4.68 Å². The summed E-state index contributed by atoms with van der Waals surface area (Å²) in [6.07, 6.45) is -0.305. The molecule has 1 aromatic rings. The predicted octanol–water partition coefficient (Wildman–Crippen LogP) is -0.860. The van der Waals surface area contributed by atoms with Crippen molar-refractivity contribution in [1.82, 2.24) is 20.2 Å². The summed E-state index contributed by atoms with van der Waals surface area (Å²) in [5, 5.41) is 20.8. The van der Waals surface area contributed by atoms with Crippen molar-refractivity contribution < 1.29 is 5.11 Å². The molecule has 0 spiro atoms. The number of hydrogen-bond acceptors (Lipinski definition) is 5. The highest BCUT2D eigenvalue weighted by Crippen LogP contribution is 2.20. The van der Waals surface area contributed by atoms with Crippen LogP contribution in [0.2, 0.25) is 0 Å². The van der Waals surface area contributed by atoms with E-state index in [9.17, 15) is 0 Å². The molecule has 10 heavy (non-hydrogen) atoms. The zero-order valence-corrected chi connectivity index (χ0v) is 5.95. The van der Waals surface area contributed by atoms with Gasteiger partial charge in [0.1, 0.15) is 0 Å². The summed E-state index contributed by atoms with van der Waals surface area (Å²) in [4.78, 5) is 0. The van der Waals surface area contributed by atoms with Gasteiger partial charge in [-0.2, -0.15) is 0 Å². The molecule has 1 N–H and O–H groups in total. The average molecular weight is 158 g/mol. The van der Waals surface area contributed by atoms with Gasteiger partial charge in [0.15, 0.2) is 0 Å². The second-order valence-electron chi connectivity index (χ2n) is 2.11. The molecule has 0 saturated heterocycles. The minimum absolute atomic E-state index is 0.305. The predicted molar refractivity (Wildman–Crippen MR) is 34.5 cm³/mol. The zero-order chi connectivity index (χ0) is 6.97. The third-order valence-corrected chi connectivity index (χ3v) is 2.39. The van der Waals surface area contributed by atoms with Gasteiger partial charge in [-0.1, -0.05) is 11.8 Å². The molecule has 1 aliphatic heterocycles. The van der Waals surface area contributed by atoms with E-state index in [1.807, 2.05) is 0 Å². The fourth-order valence-corrected chi connectivity index (χ4v) is 1.64. The van der Waals surface area contributed by atoms with Crippen molar-refractivity contribution in [3.8, 4) is 0 Å². The molecule has 1 unspecified atom stereocenters. The smallest absolute Gasteiger partial charge is 0.209 e. The first kappa shape index (κ1) is 6.11. The van der Waals surface area contributed by atoms with Crippen LogP contribution in [0.3, 0.4) is 0 Å². The molecule has 6 heteroatoms. The van der Waals surface area contributed by atoms with E-state index in [1.165, 1.54) is 11.8 Å². The van der Waals surface area contributed by atoms with E-state index in [0.717, 1.165) is 5.16 Å². The van der Waals surface area contributed by atoms with Crippen molar-refractivity contribution >= 4 is 11.8 Å². The van der Waals surface area contributed by atoms with E-state index < -0.39 is 0 Å². The molecular weight excluding hydrogens is 152 g/mol. The molecule has 1 aromatic heterocycles. The molecule has 0 amide bonds. The highest BCUT2D eigenvalue weighted by Gasteiger charge is 2.18. The van der Waals surface area contributed by atoms with E-state index in [0.29, 0.717) is 12.3 Å². The lowest BCUT2D eigenvalue weighted by Gasteiger charge is -2.14. The van der Waals surface area contributed by atoms with Crippen LogP contribution in [0.5, 0.6) is 0 Å². The Kier molecular flexibility index (Phi) is 1.35. The molecule has 2 rings (SSSR count). The van der Waals surface area contributed by atoms with Crippen LogP contribution in [0.1, 0.15) is 0 Å². The summed E-state index contributed by atoms with van der Waals surface area (Å²) in [7, 11) is 0. The van der Waals surface area contributed by atoms with E-state index >= 15 is 0 Å². The maximum atomic E-state index is 9.14. The van der Waals surface area contributed by atoms with Crippen LogP contribution in [0.25, 0.3) is 0 Å². The normalized spacial score (nSPS) is 24.3. The van der Waals surface area contributed by atoms with Crippen molar-refractivity contribution in [1.29, 1.82) is 0 Å². The van der Waals surface area contributed by atoms with Gasteiger partial charge in [-0.25, -0.2) is 4.68 Å². The Morgan fingerprint density at radius 3 is 3.50 bits per heavy atom. The van der Waals surface area contributed by atoms with Gasteiger partial charge in [-0.3, -0.25) is 0 Å². The maximum absolute atomic E-state index is 9.14. The van der Waals surface area contributed by atoms with Gasteiger partial charge in [-0.15, -0.1) is 5.10 Å². The second kappa shape index (κ2) is 2.21. The van der Waals surface area contributed by atoms with Gasteiger partial charge in [0.25, 0.3) is 0 Å². The van der Waals surface area contributed by atoms with Crippen LogP contribution in [0, 0.1) is 0 Å². The number of aliphatic hydroxyl groups is 1. The summed E-state index contributed by atoms with van der Waals surface area (Å²) < 4.78 is 1.61. The van der Waals surface area contributed by atoms with Gasteiger partial charge in [0.2, 0.25) is 5.16 Å². The maximum Gasteiger partial charge on any atom is 0.209 e. The third-order valence-electron chi connectivity index (χ3n) is 1.29. The Morgan fingerprint density at radius 2 is 2.60 bits per heavy atom. The molecular formula is C4H6N4OS. The summed E-state index contributed by atoms with van der Waals surface area (Å²) in [6.45, 7) is 0.523. The van der Waals surface area contributed by atoms with E-state index in [4.69, 9.17) is 5.11 Å². The van der Waals surface area contributed by atoms with Crippen LogP contribution in [0.4, 0.5) is 0 Å². The molecule has 0 aliphatic carbocycles. The van der Waals surface area contributed by atoms with Crippen LogP contribution in [-0.2, 0) is 6.54 Å². The first-order valence-corrected chi connectivity index (χ1v) is 3.92. The van der Waals surface area contributed by atoms with Crippen molar-refractivity contribution in [3.63, 3.8) is 0 Å². The zero-order valence-electron chi connectivity index (χ0n) is 5.14. The van der Waals surface area contributed by atoms with E-state index in [2.05, 4.69) is 15.5 Å². The standard InChI is InChI=1S/C4H6N4OS/c9-3-1-8-4(10-2-3)5-6-7-8/h3,9H,1-2H2. The van der Waals surface area contributed by atoms with Crippen molar-refractivity contribution in [3.05, 3.63) is 0 Å². The first-order valence-electron chi connectivity index (χ1n) is 2.93. The van der Waals surface area contributed by atoms with Gasteiger partial charge < -0.3 is 5.11 Å². The number of thioether (sulfide) groups is 1. The Hall–Kier alpha value is -0.620. The number of aromatic nitrogens is 4. The van der Waals surface area contributed by atoms with Gasteiger partial charge in [0.05, 0.1) is 12.6 Å². The fraction of sp³-hybridized carbons (Fsp3) is 0.750. The Labute approximate surface area is 61.4 Å². The lowest BCUT2D eigenvalue weighted by atomic mass is 10.4. The molecule has 0 radical (unpaired) electrons. The SMILES string of the molecule is OC1CSc2nnnn2C1. The lowest BCUT2D eigenvalue weighted by molar-refractivity contribution is 0.163. The summed E-state index contributed by atoms with van der Waals surface area (Å²) >= 11 is 1.48.